The molecule has 0 spiro atoms. The lowest BCUT2D eigenvalue weighted by Gasteiger charge is -2.22. The molecule has 0 N–H and O–H groups in total. The second-order valence-corrected chi connectivity index (χ2v) is 10.0. The first-order valence-corrected chi connectivity index (χ1v) is 13.2. The van der Waals surface area contributed by atoms with E-state index in [4.69, 9.17) is 13.9 Å². The van der Waals surface area contributed by atoms with Gasteiger partial charge < -0.3 is 13.9 Å². The fraction of sp³-hybridized carbons (Fsp3) is 0.207. The Hall–Kier alpha value is -4.77. The number of esters is 1. The Bertz CT molecular complexity index is 1850. The average molecular weight is 560 g/mol. The molecule has 40 heavy (non-hydrogen) atoms. The Morgan fingerprint density at radius 2 is 1.93 bits per heavy atom. The summed E-state index contributed by atoms with van der Waals surface area (Å²) in [6.07, 6.45) is 1.75. The highest BCUT2D eigenvalue weighted by molar-refractivity contribution is 7.07. The van der Waals surface area contributed by atoms with Gasteiger partial charge in [-0.1, -0.05) is 29.5 Å². The van der Waals surface area contributed by atoms with Gasteiger partial charge in [0.05, 0.1) is 34.4 Å². The third kappa shape index (κ3) is 4.87. The zero-order valence-corrected chi connectivity index (χ0v) is 23.0. The molecule has 0 bridgehead atoms. The van der Waals surface area contributed by atoms with Crippen LogP contribution < -0.4 is 19.6 Å². The molecule has 204 valence electrons. The van der Waals surface area contributed by atoms with Crippen LogP contribution >= 0.6 is 11.3 Å². The summed E-state index contributed by atoms with van der Waals surface area (Å²) in [4.78, 5) is 42.8. The normalized spacial score (nSPS) is 15.0. The minimum Gasteiger partial charge on any atom is -0.497 e. The third-order valence-electron chi connectivity index (χ3n) is 6.52. The molecule has 0 amide bonds. The van der Waals surface area contributed by atoms with E-state index in [1.807, 2.05) is 19.1 Å². The van der Waals surface area contributed by atoms with Gasteiger partial charge in [-0.3, -0.25) is 19.5 Å². The van der Waals surface area contributed by atoms with Crippen molar-refractivity contribution in [2.24, 2.45) is 4.99 Å². The number of rotatable bonds is 7. The van der Waals surface area contributed by atoms with Crippen LogP contribution in [0.4, 0.5) is 5.69 Å². The first-order chi connectivity index (χ1) is 19.2. The summed E-state index contributed by atoms with van der Waals surface area (Å²) in [5.41, 5.74) is 2.27. The molecule has 0 saturated heterocycles. The highest BCUT2D eigenvalue weighted by Gasteiger charge is 2.35. The maximum Gasteiger partial charge on any atom is 0.338 e. The number of fused-ring (bicyclic) bond motifs is 1. The van der Waals surface area contributed by atoms with E-state index in [9.17, 15) is 19.7 Å². The van der Waals surface area contributed by atoms with Crippen molar-refractivity contribution in [3.05, 3.63) is 113 Å². The highest BCUT2D eigenvalue weighted by Crippen LogP contribution is 2.36. The van der Waals surface area contributed by atoms with Gasteiger partial charge in [0.2, 0.25) is 0 Å². The van der Waals surface area contributed by atoms with Crippen LogP contribution in [0, 0.1) is 17.0 Å². The molecule has 5 rings (SSSR count). The van der Waals surface area contributed by atoms with Gasteiger partial charge in [0.15, 0.2) is 4.80 Å². The average Bonchev–Trinajstić information content (AvgIpc) is 3.53. The van der Waals surface area contributed by atoms with Crippen molar-refractivity contribution >= 4 is 29.1 Å². The van der Waals surface area contributed by atoms with Crippen LogP contribution in [0.1, 0.15) is 36.8 Å². The highest BCUT2D eigenvalue weighted by atomic mass is 32.1. The quantitative estimate of drug-likeness (QED) is 0.188. The molecular weight excluding hydrogens is 534 g/mol. The molecule has 1 aliphatic rings. The summed E-state index contributed by atoms with van der Waals surface area (Å²) < 4.78 is 18.6. The van der Waals surface area contributed by atoms with Crippen LogP contribution in [0.15, 0.2) is 80.1 Å². The molecule has 0 fully saturated rings. The number of nitro groups is 1. The fourth-order valence-electron chi connectivity index (χ4n) is 4.55. The number of aryl methyl sites for hydroxylation is 1. The number of furan rings is 1. The Morgan fingerprint density at radius 1 is 1.18 bits per heavy atom. The topological polar surface area (TPSA) is 126 Å². The van der Waals surface area contributed by atoms with Crippen LogP contribution in [0.2, 0.25) is 0 Å². The molecule has 0 saturated carbocycles. The molecule has 3 heterocycles. The van der Waals surface area contributed by atoms with Gasteiger partial charge in [0.1, 0.15) is 23.3 Å². The van der Waals surface area contributed by atoms with Crippen molar-refractivity contribution < 1.29 is 23.6 Å². The van der Waals surface area contributed by atoms with Crippen molar-refractivity contribution in [1.29, 1.82) is 0 Å². The monoisotopic (exact) mass is 559 g/mol. The molecule has 1 aliphatic heterocycles. The minimum atomic E-state index is -0.943. The molecule has 1 atom stereocenters. The van der Waals surface area contributed by atoms with E-state index in [2.05, 4.69) is 4.99 Å². The van der Waals surface area contributed by atoms with Crippen molar-refractivity contribution in [3.63, 3.8) is 0 Å². The number of carbonyl (C=O) groups is 1. The van der Waals surface area contributed by atoms with Crippen LogP contribution in [-0.2, 0) is 9.53 Å². The third-order valence-corrected chi connectivity index (χ3v) is 7.51. The maximum absolute atomic E-state index is 13.8. The van der Waals surface area contributed by atoms with Crippen molar-refractivity contribution in [2.75, 3.05) is 13.7 Å². The summed E-state index contributed by atoms with van der Waals surface area (Å²) in [6, 6.07) is 14.2. The number of methoxy groups -OCH3 is 1. The Labute approximate surface area is 232 Å². The van der Waals surface area contributed by atoms with Gasteiger partial charge in [0, 0.05) is 17.7 Å². The van der Waals surface area contributed by atoms with Gasteiger partial charge in [-0.05, 0) is 62.2 Å². The summed E-state index contributed by atoms with van der Waals surface area (Å²) in [5, 5.41) is 11.4. The molecule has 2 aromatic heterocycles. The molecular formula is C29H25N3O7S. The predicted octanol–water partition coefficient (Wildman–Crippen LogP) is 4.28. The van der Waals surface area contributed by atoms with Crippen LogP contribution in [0.3, 0.4) is 0 Å². The molecule has 10 nitrogen and oxygen atoms in total. The minimum absolute atomic E-state index is 0.0759. The summed E-state index contributed by atoms with van der Waals surface area (Å²) in [5.74, 6) is 0.758. The lowest BCUT2D eigenvalue weighted by Crippen LogP contribution is -2.39. The largest absolute Gasteiger partial charge is 0.497 e. The Morgan fingerprint density at radius 3 is 2.60 bits per heavy atom. The first-order valence-electron chi connectivity index (χ1n) is 12.4. The lowest BCUT2D eigenvalue weighted by molar-refractivity contribution is -0.384. The van der Waals surface area contributed by atoms with E-state index >= 15 is 0 Å². The van der Waals surface area contributed by atoms with Gasteiger partial charge in [-0.25, -0.2) is 9.79 Å². The smallest absolute Gasteiger partial charge is 0.338 e. The van der Waals surface area contributed by atoms with Crippen molar-refractivity contribution in [2.45, 2.75) is 26.8 Å². The van der Waals surface area contributed by atoms with Crippen molar-refractivity contribution in [1.82, 2.24) is 4.57 Å². The Balaban J connectivity index is 1.67. The number of allylic oxidation sites excluding steroid dienone is 1. The second-order valence-electron chi connectivity index (χ2n) is 9.03. The van der Waals surface area contributed by atoms with Crippen LogP contribution in [0.25, 0.3) is 17.4 Å². The van der Waals surface area contributed by atoms with Gasteiger partial charge in [-0.2, -0.15) is 0 Å². The molecule has 4 aromatic rings. The number of hydrogen-bond donors (Lipinski definition) is 0. The number of thiazole rings is 1. The van der Waals surface area contributed by atoms with Gasteiger partial charge in [-0.15, -0.1) is 0 Å². The number of carbonyl (C=O) groups excluding carboxylic acids is 1. The fourth-order valence-corrected chi connectivity index (χ4v) is 5.59. The molecule has 0 aliphatic carbocycles. The summed E-state index contributed by atoms with van der Waals surface area (Å²) in [6.45, 7) is 5.34. The first kappa shape index (κ1) is 26.8. The standard InChI is InChI=1S/C29H25N3O7S/c1-5-38-28(34)25-17(3)30-29-31(27(33)24(40-29)14-18-7-10-20(37-4)11-8-18)26(25)23-13-12-22(39-23)21-15-19(32(35)36)9-6-16(21)2/h6-15,26H,5H2,1-4H3/b24-14-/t26-/m0/s1. The van der Waals surface area contributed by atoms with E-state index < -0.39 is 16.9 Å². The zero-order chi connectivity index (χ0) is 28.6. The Kier molecular flexibility index (Phi) is 7.22. The number of non-ortho nitro benzene ring substituents is 1. The van der Waals surface area contributed by atoms with E-state index in [-0.39, 0.29) is 23.4 Å². The maximum atomic E-state index is 13.8. The number of ether oxygens (including phenoxy) is 2. The SMILES string of the molecule is CCOC(=O)C1=C(C)N=c2s/c(=C\c3ccc(OC)cc3)c(=O)n2[C@H]1c1ccc(-c2cc([N+](=O)[O-])ccc2C)o1. The molecule has 2 aromatic carbocycles. The zero-order valence-electron chi connectivity index (χ0n) is 22.2. The van der Waals surface area contributed by atoms with E-state index in [0.29, 0.717) is 37.9 Å². The van der Waals surface area contributed by atoms with Gasteiger partial charge >= 0.3 is 5.97 Å². The number of benzene rings is 2. The second kappa shape index (κ2) is 10.8. The van der Waals surface area contributed by atoms with E-state index in [0.717, 1.165) is 11.1 Å². The molecule has 11 heteroatoms. The van der Waals surface area contributed by atoms with Gasteiger partial charge in [0.25, 0.3) is 11.2 Å². The predicted molar refractivity (Wildman–Crippen MR) is 149 cm³/mol. The van der Waals surface area contributed by atoms with E-state index in [1.165, 1.54) is 28.0 Å². The summed E-state index contributed by atoms with van der Waals surface area (Å²) >= 11 is 1.20. The molecule has 0 radical (unpaired) electrons. The number of nitrogens with zero attached hydrogens (tertiary/aromatic N) is 3. The number of aromatic nitrogens is 1. The number of hydrogen-bond acceptors (Lipinski definition) is 9. The van der Waals surface area contributed by atoms with Crippen LogP contribution in [-0.4, -0.2) is 29.2 Å². The number of nitro benzene ring substituents is 1. The summed E-state index contributed by atoms with van der Waals surface area (Å²) in [7, 11) is 1.58. The van der Waals surface area contributed by atoms with Crippen molar-refractivity contribution in [3.8, 4) is 17.1 Å². The van der Waals surface area contributed by atoms with E-state index in [1.54, 1.807) is 57.4 Å². The lowest BCUT2D eigenvalue weighted by atomic mass is 10.0. The molecule has 0 unspecified atom stereocenters. The van der Waals surface area contributed by atoms with Crippen LogP contribution in [0.5, 0.6) is 5.75 Å².